The van der Waals surface area contributed by atoms with Gasteiger partial charge in [-0.1, -0.05) is 63.5 Å². The Kier molecular flexibility index (Phi) is 13.3. The van der Waals surface area contributed by atoms with Gasteiger partial charge in [-0.05, 0) is 52.2 Å². The van der Waals surface area contributed by atoms with Crippen molar-refractivity contribution in [2.24, 2.45) is 0 Å². The van der Waals surface area contributed by atoms with E-state index in [0.717, 1.165) is 24.8 Å². The van der Waals surface area contributed by atoms with E-state index in [1.807, 2.05) is 32.1 Å². The molecular weight excluding hydrogens is 406 g/mol. The number of rotatable bonds is 19. The summed E-state index contributed by atoms with van der Waals surface area (Å²) in [6, 6.07) is 8.45. The number of thiazole rings is 1. The molecule has 0 saturated carbocycles. The fourth-order valence-electron chi connectivity index (χ4n) is 4.06. The van der Waals surface area contributed by atoms with Gasteiger partial charge in [-0.3, -0.25) is 0 Å². The molecule has 2 aromatic rings. The van der Waals surface area contributed by atoms with Crippen molar-refractivity contribution in [2.45, 2.75) is 104 Å². The van der Waals surface area contributed by atoms with Crippen molar-refractivity contribution in [3.63, 3.8) is 0 Å². The molecule has 176 valence electrons. The minimum absolute atomic E-state index is 0.612. The Morgan fingerprint density at radius 3 is 1.77 bits per heavy atom. The molecule has 2 rings (SSSR count). The molecule has 4 nitrogen and oxygen atoms in total. The number of aromatic nitrogens is 1. The topological polar surface area (TPSA) is 40.6 Å². The van der Waals surface area contributed by atoms with Crippen LogP contribution in [0.4, 0.5) is 0 Å². The summed E-state index contributed by atoms with van der Waals surface area (Å²) in [6.45, 7) is 7.82. The van der Waals surface area contributed by atoms with E-state index in [9.17, 15) is 0 Å². The Balaban J connectivity index is 1.44. The zero-order valence-electron chi connectivity index (χ0n) is 20.0. The van der Waals surface area contributed by atoms with Crippen LogP contribution < -0.4 is 0 Å². The van der Waals surface area contributed by atoms with Crippen molar-refractivity contribution in [1.82, 2.24) is 4.98 Å². The number of para-hydroxylation sites is 1. The van der Waals surface area contributed by atoms with Crippen LogP contribution in [0.15, 0.2) is 24.3 Å². The molecule has 1 aromatic heterocycles. The Morgan fingerprint density at radius 2 is 1.23 bits per heavy atom. The highest BCUT2D eigenvalue weighted by molar-refractivity contribution is 7.18. The lowest BCUT2D eigenvalue weighted by Gasteiger charge is -2.32. The molecule has 0 fully saturated rings. The average Bonchev–Trinajstić information content (AvgIpc) is 3.18. The van der Waals surface area contributed by atoms with Gasteiger partial charge in [0, 0.05) is 26.2 Å². The van der Waals surface area contributed by atoms with Crippen LogP contribution in [0.25, 0.3) is 10.2 Å². The lowest BCUT2D eigenvalue weighted by atomic mass is 10.0. The van der Waals surface area contributed by atoms with Crippen LogP contribution in [0.2, 0.25) is 0 Å². The zero-order valence-corrected chi connectivity index (χ0v) is 20.8. The molecule has 0 aliphatic rings. The van der Waals surface area contributed by atoms with Crippen LogP contribution in [0.5, 0.6) is 0 Å². The number of benzene rings is 1. The molecule has 1 aromatic carbocycles. The number of hydrogen-bond donors (Lipinski definition) is 0. The lowest BCUT2D eigenvalue weighted by Crippen LogP contribution is -2.39. The summed E-state index contributed by atoms with van der Waals surface area (Å²) in [5.74, 6) is -0.830. The van der Waals surface area contributed by atoms with Gasteiger partial charge in [0.25, 0.3) is 5.97 Å². The Labute approximate surface area is 193 Å². The van der Waals surface area contributed by atoms with Crippen molar-refractivity contribution in [2.75, 3.05) is 19.8 Å². The van der Waals surface area contributed by atoms with E-state index in [2.05, 4.69) is 24.3 Å². The molecule has 0 spiro atoms. The molecule has 0 amide bonds. The van der Waals surface area contributed by atoms with Crippen molar-refractivity contribution < 1.29 is 14.2 Å². The van der Waals surface area contributed by atoms with Crippen LogP contribution >= 0.6 is 11.3 Å². The van der Waals surface area contributed by atoms with Crippen LogP contribution in [0.3, 0.4) is 0 Å². The molecular formula is C26H43NO3S. The van der Waals surface area contributed by atoms with Gasteiger partial charge < -0.3 is 14.2 Å². The SMILES string of the molecule is CCOC(CCCCCCCCCCCCc1nc2ccccc2s1)(OCC)OCC. The summed E-state index contributed by atoms with van der Waals surface area (Å²) in [5.41, 5.74) is 1.15. The third-order valence-electron chi connectivity index (χ3n) is 5.55. The molecule has 31 heavy (non-hydrogen) atoms. The third-order valence-corrected chi connectivity index (χ3v) is 6.65. The van der Waals surface area contributed by atoms with E-state index in [4.69, 9.17) is 19.2 Å². The van der Waals surface area contributed by atoms with E-state index in [1.54, 1.807) is 0 Å². The Hall–Kier alpha value is -1.01. The zero-order chi connectivity index (χ0) is 22.2. The molecule has 5 heteroatoms. The molecule has 0 atom stereocenters. The normalized spacial score (nSPS) is 12.1. The fourth-order valence-corrected chi connectivity index (χ4v) is 5.07. The Morgan fingerprint density at radius 1 is 0.710 bits per heavy atom. The summed E-state index contributed by atoms with van der Waals surface area (Å²) in [6.07, 6.45) is 14.9. The van der Waals surface area contributed by atoms with Gasteiger partial charge in [0.2, 0.25) is 0 Å². The number of hydrogen-bond acceptors (Lipinski definition) is 5. The quantitative estimate of drug-likeness (QED) is 0.161. The van der Waals surface area contributed by atoms with Gasteiger partial charge in [-0.25, -0.2) is 4.98 Å². The summed E-state index contributed by atoms with van der Waals surface area (Å²) in [7, 11) is 0. The maximum atomic E-state index is 5.80. The van der Waals surface area contributed by atoms with Crippen LogP contribution in [-0.2, 0) is 20.6 Å². The van der Waals surface area contributed by atoms with Crippen molar-refractivity contribution in [1.29, 1.82) is 0 Å². The minimum Gasteiger partial charge on any atom is -0.328 e. The number of ether oxygens (including phenoxy) is 3. The van der Waals surface area contributed by atoms with E-state index in [0.29, 0.717) is 19.8 Å². The molecule has 0 unspecified atom stereocenters. The van der Waals surface area contributed by atoms with E-state index < -0.39 is 5.97 Å². The second-order valence-electron chi connectivity index (χ2n) is 8.09. The molecule has 0 aliphatic heterocycles. The standard InChI is InChI=1S/C26H43NO3S/c1-4-28-26(29-5-2,30-6-3)22-18-14-12-10-8-7-9-11-13-15-21-25-27-23-19-16-17-20-24(23)31-25/h16-17,19-20H,4-15,18,21-22H2,1-3H3. The van der Waals surface area contributed by atoms with Gasteiger partial charge >= 0.3 is 0 Å². The first-order valence-corrected chi connectivity index (χ1v) is 13.3. The monoisotopic (exact) mass is 449 g/mol. The van der Waals surface area contributed by atoms with Crippen molar-refractivity contribution >= 4 is 21.6 Å². The van der Waals surface area contributed by atoms with E-state index >= 15 is 0 Å². The highest BCUT2D eigenvalue weighted by atomic mass is 32.1. The van der Waals surface area contributed by atoms with Crippen LogP contribution in [-0.4, -0.2) is 30.8 Å². The summed E-state index contributed by atoms with van der Waals surface area (Å²) in [5, 5.41) is 1.29. The average molecular weight is 450 g/mol. The predicted octanol–water partition coefficient (Wildman–Crippen LogP) is 7.89. The third kappa shape index (κ3) is 9.98. The first-order chi connectivity index (χ1) is 15.2. The molecule has 1 heterocycles. The van der Waals surface area contributed by atoms with E-state index in [1.165, 1.54) is 67.5 Å². The fraction of sp³-hybridized carbons (Fsp3) is 0.731. The summed E-state index contributed by atoms with van der Waals surface area (Å²) in [4.78, 5) is 4.74. The number of aryl methyl sites for hydroxylation is 1. The molecule has 0 aliphatic carbocycles. The smallest absolute Gasteiger partial charge is 0.282 e. The molecule has 0 saturated heterocycles. The molecule has 0 bridgehead atoms. The van der Waals surface area contributed by atoms with Crippen molar-refractivity contribution in [3.8, 4) is 0 Å². The maximum Gasteiger partial charge on any atom is 0.282 e. The van der Waals surface area contributed by atoms with Crippen LogP contribution in [0.1, 0.15) is 96.4 Å². The van der Waals surface area contributed by atoms with E-state index in [-0.39, 0.29) is 0 Å². The second-order valence-corrected chi connectivity index (χ2v) is 9.21. The molecule has 0 N–H and O–H groups in total. The summed E-state index contributed by atoms with van der Waals surface area (Å²) < 4.78 is 18.7. The highest BCUT2D eigenvalue weighted by Gasteiger charge is 2.31. The second kappa shape index (κ2) is 15.7. The van der Waals surface area contributed by atoms with Crippen LogP contribution in [0, 0.1) is 0 Å². The predicted molar refractivity (Wildman–Crippen MR) is 132 cm³/mol. The van der Waals surface area contributed by atoms with Crippen molar-refractivity contribution in [3.05, 3.63) is 29.3 Å². The number of fused-ring (bicyclic) bond motifs is 1. The largest absolute Gasteiger partial charge is 0.328 e. The lowest BCUT2D eigenvalue weighted by molar-refractivity contribution is -0.380. The molecule has 0 radical (unpaired) electrons. The first kappa shape index (κ1) is 26.2. The highest BCUT2D eigenvalue weighted by Crippen LogP contribution is 2.25. The number of unbranched alkanes of at least 4 members (excludes halogenated alkanes) is 9. The minimum atomic E-state index is -0.830. The van der Waals surface area contributed by atoms with Gasteiger partial charge in [0.15, 0.2) is 0 Å². The van der Waals surface area contributed by atoms with Gasteiger partial charge in [-0.15, -0.1) is 11.3 Å². The number of nitrogens with zero attached hydrogens (tertiary/aromatic N) is 1. The van der Waals surface area contributed by atoms with Gasteiger partial charge in [0.1, 0.15) is 0 Å². The van der Waals surface area contributed by atoms with Gasteiger partial charge in [-0.2, -0.15) is 0 Å². The first-order valence-electron chi connectivity index (χ1n) is 12.5. The Bertz CT molecular complexity index is 653. The maximum absolute atomic E-state index is 5.80. The summed E-state index contributed by atoms with van der Waals surface area (Å²) >= 11 is 1.85. The van der Waals surface area contributed by atoms with Gasteiger partial charge in [0.05, 0.1) is 15.2 Å².